The number of aromatic amines is 1. The number of para-hydroxylation sites is 1. The van der Waals surface area contributed by atoms with Gasteiger partial charge in [0.15, 0.2) is 5.69 Å². The number of fused-ring (bicyclic) bond motifs is 1. The van der Waals surface area contributed by atoms with Crippen LogP contribution in [0.3, 0.4) is 0 Å². The Hall–Kier alpha value is -2.73. The minimum atomic E-state index is -0.0120. The van der Waals surface area contributed by atoms with Crippen LogP contribution in [0.2, 0.25) is 0 Å². The summed E-state index contributed by atoms with van der Waals surface area (Å²) in [5.74, 6) is -0.0120. The zero-order valence-corrected chi connectivity index (χ0v) is 13.2. The molecule has 2 aromatic carbocycles. The van der Waals surface area contributed by atoms with Crippen molar-refractivity contribution in [1.82, 2.24) is 10.3 Å². The predicted octanol–water partition coefficient (Wildman–Crippen LogP) is 4.07. The zero-order chi connectivity index (χ0) is 16.1. The fourth-order valence-corrected chi connectivity index (χ4v) is 2.45. The van der Waals surface area contributed by atoms with Crippen molar-refractivity contribution in [2.24, 2.45) is 10.2 Å². The number of aromatic hydroxyl groups is 1. The molecule has 0 saturated carbocycles. The molecule has 0 aliphatic carbocycles. The number of H-pyrrole nitrogens is 1. The lowest BCUT2D eigenvalue weighted by atomic mass is 10.1. The van der Waals surface area contributed by atoms with Crippen molar-refractivity contribution in [3.05, 3.63) is 60.2 Å². The minimum Gasteiger partial charge on any atom is -0.493 e. The fraction of sp³-hybridized carbons (Fsp3) is 0.118. The second kappa shape index (κ2) is 7.02. The van der Waals surface area contributed by atoms with Gasteiger partial charge >= 0.3 is 0 Å². The smallest absolute Gasteiger partial charge is 0.218 e. The lowest BCUT2D eigenvalue weighted by molar-refractivity contribution is 0.459. The molecule has 1 heterocycles. The van der Waals surface area contributed by atoms with Crippen LogP contribution in [0.5, 0.6) is 5.88 Å². The van der Waals surface area contributed by atoms with Crippen molar-refractivity contribution in [2.75, 3.05) is 6.54 Å². The van der Waals surface area contributed by atoms with Crippen molar-refractivity contribution < 1.29 is 5.11 Å². The molecule has 1 aromatic heterocycles. The van der Waals surface area contributed by atoms with Gasteiger partial charge in [-0.2, -0.15) is 0 Å². The van der Waals surface area contributed by atoms with Gasteiger partial charge in [0.2, 0.25) is 11.0 Å². The van der Waals surface area contributed by atoms with Crippen LogP contribution in [0.15, 0.2) is 64.8 Å². The van der Waals surface area contributed by atoms with Crippen LogP contribution < -0.4 is 5.32 Å². The average molecular weight is 324 g/mol. The number of aromatic nitrogens is 1. The summed E-state index contributed by atoms with van der Waals surface area (Å²) in [6.45, 7) is 0.682. The van der Waals surface area contributed by atoms with Gasteiger partial charge in [-0.25, -0.2) is 0 Å². The lowest BCUT2D eigenvalue weighted by Gasteiger charge is -2.03. The van der Waals surface area contributed by atoms with Crippen LogP contribution in [0, 0.1) is 0 Å². The van der Waals surface area contributed by atoms with E-state index in [1.54, 1.807) is 0 Å². The molecular formula is C17H16N4OS. The van der Waals surface area contributed by atoms with Crippen LogP contribution in [0.4, 0.5) is 5.69 Å². The molecule has 116 valence electrons. The Kier molecular flexibility index (Phi) is 4.63. The molecule has 0 unspecified atom stereocenters. The monoisotopic (exact) mass is 324 g/mol. The largest absolute Gasteiger partial charge is 0.493 e. The summed E-state index contributed by atoms with van der Waals surface area (Å²) in [6, 6.07) is 17.6. The Morgan fingerprint density at radius 3 is 2.65 bits per heavy atom. The van der Waals surface area contributed by atoms with Crippen LogP contribution >= 0.6 is 12.2 Å². The van der Waals surface area contributed by atoms with Crippen molar-refractivity contribution in [3.63, 3.8) is 0 Å². The third-order valence-electron chi connectivity index (χ3n) is 3.43. The van der Waals surface area contributed by atoms with E-state index in [0.717, 1.165) is 17.3 Å². The first-order valence-corrected chi connectivity index (χ1v) is 7.68. The third kappa shape index (κ3) is 3.73. The van der Waals surface area contributed by atoms with Gasteiger partial charge in [0.05, 0.1) is 5.52 Å². The highest BCUT2D eigenvalue weighted by Crippen LogP contribution is 2.35. The number of thiocarbonyl (C=S) groups is 1. The number of nitrogens with one attached hydrogen (secondary N) is 2. The summed E-state index contributed by atoms with van der Waals surface area (Å²) in [5.41, 5.74) is 2.43. The van der Waals surface area contributed by atoms with Crippen molar-refractivity contribution in [2.45, 2.75) is 6.42 Å². The highest BCUT2D eigenvalue weighted by molar-refractivity contribution is 7.80. The minimum absolute atomic E-state index is 0.0120. The van der Waals surface area contributed by atoms with Gasteiger partial charge in [-0.3, -0.25) is 0 Å². The molecular weight excluding hydrogens is 308 g/mol. The molecule has 23 heavy (non-hydrogen) atoms. The van der Waals surface area contributed by atoms with E-state index in [1.807, 2.05) is 42.5 Å². The number of azo groups is 1. The van der Waals surface area contributed by atoms with E-state index in [9.17, 15) is 5.11 Å². The molecule has 3 N–H and O–H groups in total. The Labute approximate surface area is 139 Å². The maximum Gasteiger partial charge on any atom is 0.218 e. The molecule has 3 rings (SSSR count). The predicted molar refractivity (Wildman–Crippen MR) is 95.2 cm³/mol. The standard InChI is InChI=1S/C17H16N4OS/c22-16-15(13-8-4-5-9-14(13)19-16)20-21-17(23)18-11-10-12-6-2-1-3-7-12/h1-9,19,22H,10-11H2,(H,18,23). The normalized spacial score (nSPS) is 11.1. The second-order valence-corrected chi connectivity index (χ2v) is 5.42. The summed E-state index contributed by atoms with van der Waals surface area (Å²) < 4.78 is 0. The Balaban J connectivity index is 1.60. The van der Waals surface area contributed by atoms with Crippen LogP contribution in [0.25, 0.3) is 10.9 Å². The maximum absolute atomic E-state index is 9.90. The Morgan fingerprint density at radius 2 is 1.83 bits per heavy atom. The van der Waals surface area contributed by atoms with Crippen LogP contribution in [-0.4, -0.2) is 21.7 Å². The van der Waals surface area contributed by atoms with E-state index < -0.39 is 0 Å². The summed E-state index contributed by atoms with van der Waals surface area (Å²) in [7, 11) is 0. The molecule has 0 aliphatic heterocycles. The first-order chi connectivity index (χ1) is 11.2. The number of benzene rings is 2. The van der Waals surface area contributed by atoms with Gasteiger partial charge in [-0.05, 0) is 30.3 Å². The molecule has 0 spiro atoms. The van der Waals surface area contributed by atoms with Crippen LogP contribution in [0.1, 0.15) is 5.56 Å². The molecule has 6 heteroatoms. The van der Waals surface area contributed by atoms with Gasteiger partial charge in [0, 0.05) is 11.9 Å². The van der Waals surface area contributed by atoms with Crippen molar-refractivity contribution >= 4 is 33.9 Å². The highest BCUT2D eigenvalue weighted by atomic mass is 32.1. The number of hydrogen-bond acceptors (Lipinski definition) is 3. The van der Waals surface area contributed by atoms with E-state index in [4.69, 9.17) is 12.2 Å². The van der Waals surface area contributed by atoms with E-state index in [0.29, 0.717) is 17.3 Å². The molecule has 0 radical (unpaired) electrons. The van der Waals surface area contributed by atoms with Crippen molar-refractivity contribution in [3.8, 4) is 5.88 Å². The number of hydrogen-bond donors (Lipinski definition) is 3. The molecule has 0 aliphatic rings. The highest BCUT2D eigenvalue weighted by Gasteiger charge is 2.09. The quantitative estimate of drug-likeness (QED) is 0.500. The topological polar surface area (TPSA) is 72.8 Å². The van der Waals surface area contributed by atoms with E-state index >= 15 is 0 Å². The van der Waals surface area contributed by atoms with E-state index in [-0.39, 0.29) is 5.88 Å². The molecule has 0 bridgehead atoms. The Morgan fingerprint density at radius 1 is 1.09 bits per heavy atom. The second-order valence-electron chi connectivity index (χ2n) is 5.04. The number of rotatable bonds is 4. The lowest BCUT2D eigenvalue weighted by Crippen LogP contribution is -2.21. The molecule has 3 aromatic rings. The third-order valence-corrected chi connectivity index (χ3v) is 3.66. The summed E-state index contributed by atoms with van der Waals surface area (Å²) in [6.07, 6.45) is 0.856. The molecule has 0 amide bonds. The zero-order valence-electron chi connectivity index (χ0n) is 12.4. The molecule has 5 nitrogen and oxygen atoms in total. The summed E-state index contributed by atoms with van der Waals surface area (Å²) in [5, 5.41) is 22.1. The number of nitrogens with zero attached hydrogens (tertiary/aromatic N) is 2. The van der Waals surface area contributed by atoms with Gasteiger partial charge in [0.25, 0.3) is 0 Å². The SMILES string of the molecule is Oc1[nH]c2ccccc2c1N=NC(=S)NCCc1ccccc1. The first-order valence-electron chi connectivity index (χ1n) is 7.27. The summed E-state index contributed by atoms with van der Waals surface area (Å²) >= 11 is 5.15. The first kappa shape index (κ1) is 15.2. The average Bonchev–Trinajstić information content (AvgIpc) is 2.89. The van der Waals surface area contributed by atoms with Crippen molar-refractivity contribution in [1.29, 1.82) is 0 Å². The van der Waals surface area contributed by atoms with Gasteiger partial charge in [-0.1, -0.05) is 48.5 Å². The maximum atomic E-state index is 9.90. The Bertz CT molecular complexity index is 842. The van der Waals surface area contributed by atoms with Gasteiger partial charge in [-0.15, -0.1) is 10.2 Å². The molecule has 0 saturated heterocycles. The van der Waals surface area contributed by atoms with E-state index in [1.165, 1.54) is 5.56 Å². The van der Waals surface area contributed by atoms with Crippen LogP contribution in [-0.2, 0) is 6.42 Å². The van der Waals surface area contributed by atoms with Gasteiger partial charge in [0.1, 0.15) is 0 Å². The summed E-state index contributed by atoms with van der Waals surface area (Å²) in [4.78, 5) is 2.85. The molecule has 0 atom stereocenters. The van der Waals surface area contributed by atoms with E-state index in [2.05, 4.69) is 32.7 Å². The molecule has 0 fully saturated rings. The fourth-order valence-electron chi connectivity index (χ4n) is 2.30. The van der Waals surface area contributed by atoms with Gasteiger partial charge < -0.3 is 15.4 Å².